The van der Waals surface area contributed by atoms with E-state index in [1.807, 2.05) is 38.4 Å². The van der Waals surface area contributed by atoms with Gasteiger partial charge in [-0.05, 0) is 45.1 Å². The highest BCUT2D eigenvalue weighted by Gasteiger charge is 2.64. The van der Waals surface area contributed by atoms with Gasteiger partial charge in [-0.1, -0.05) is 30.3 Å². The van der Waals surface area contributed by atoms with Gasteiger partial charge in [-0.25, -0.2) is 4.79 Å². The van der Waals surface area contributed by atoms with E-state index in [-0.39, 0.29) is 17.4 Å². The number of β-lactam (4-membered cyclic amide) rings is 1. The Kier molecular flexibility index (Phi) is 5.25. The molecule has 4 aliphatic rings. The van der Waals surface area contributed by atoms with Gasteiger partial charge in [0.2, 0.25) is 0 Å². The lowest BCUT2D eigenvalue weighted by Gasteiger charge is -2.42. The van der Waals surface area contributed by atoms with Crippen LogP contribution in [0.1, 0.15) is 45.1 Å². The van der Waals surface area contributed by atoms with Crippen molar-refractivity contribution in [1.82, 2.24) is 9.80 Å². The van der Waals surface area contributed by atoms with Gasteiger partial charge in [-0.3, -0.25) is 9.79 Å². The highest BCUT2D eigenvalue weighted by Crippen LogP contribution is 2.51. The molecule has 0 spiro atoms. The number of carbonyl (C=O) groups excluding carboxylic acids is 1. The van der Waals surface area contributed by atoms with Crippen LogP contribution in [-0.2, 0) is 20.9 Å². The normalized spacial score (nSPS) is 36.0. The molecule has 8 heteroatoms. The third kappa shape index (κ3) is 3.63. The predicted octanol–water partition coefficient (Wildman–Crippen LogP) is 2.74. The van der Waals surface area contributed by atoms with Crippen molar-refractivity contribution in [1.29, 1.82) is 0 Å². The van der Waals surface area contributed by atoms with Crippen LogP contribution in [0.2, 0.25) is 0 Å². The fraction of sp³-hybridized carbons (Fsp3) is 0.609. The first-order valence-electron chi connectivity index (χ1n) is 11.0. The maximum Gasteiger partial charge on any atom is 0.327 e. The molecule has 2 bridgehead atoms. The molecule has 7 nitrogen and oxygen atoms in total. The van der Waals surface area contributed by atoms with Gasteiger partial charge in [-0.15, -0.1) is 11.8 Å². The molecule has 0 radical (unpaired) electrons. The van der Waals surface area contributed by atoms with Crippen molar-refractivity contribution < 1.29 is 19.4 Å². The quantitative estimate of drug-likeness (QED) is 0.414. The Morgan fingerprint density at radius 3 is 2.58 bits per heavy atom. The van der Waals surface area contributed by atoms with Gasteiger partial charge in [-0.2, -0.15) is 0 Å². The SMILES string of the molecule is CC1(C)S[C@@H]2[C@H](/N=C\N3[C@@H]4CC[C@H]3C[C@@H](OCc3ccccc3)C4)C(=O)N2[C@H]1C(=O)O. The number of fused-ring (bicyclic) bond motifs is 3. The highest BCUT2D eigenvalue weighted by atomic mass is 32.2. The molecule has 0 aliphatic carbocycles. The van der Waals surface area contributed by atoms with Gasteiger partial charge in [0.1, 0.15) is 11.4 Å². The number of piperidine rings is 1. The molecule has 4 saturated heterocycles. The Balaban J connectivity index is 1.19. The van der Waals surface area contributed by atoms with Gasteiger partial charge in [0.15, 0.2) is 6.04 Å². The lowest BCUT2D eigenvalue weighted by Crippen LogP contribution is -2.65. The zero-order chi connectivity index (χ0) is 21.8. The summed E-state index contributed by atoms with van der Waals surface area (Å²) < 4.78 is 5.69. The minimum atomic E-state index is -0.939. The molecule has 31 heavy (non-hydrogen) atoms. The molecule has 0 saturated carbocycles. The molecule has 1 amide bonds. The number of aliphatic carboxylic acids is 1. The number of aliphatic imine (C=N–C) groups is 1. The number of carboxylic acids is 1. The second-order valence-electron chi connectivity index (χ2n) is 9.53. The summed E-state index contributed by atoms with van der Waals surface area (Å²) in [5, 5.41) is 9.39. The fourth-order valence-electron chi connectivity index (χ4n) is 5.55. The van der Waals surface area contributed by atoms with Crippen LogP contribution >= 0.6 is 11.8 Å². The first-order chi connectivity index (χ1) is 14.8. The summed E-state index contributed by atoms with van der Waals surface area (Å²) in [5.74, 6) is -1.11. The van der Waals surface area contributed by atoms with E-state index in [1.165, 1.54) is 10.5 Å². The number of hydrogen-bond donors (Lipinski definition) is 1. The summed E-state index contributed by atoms with van der Waals surface area (Å²) in [7, 11) is 0. The number of nitrogens with zero attached hydrogens (tertiary/aromatic N) is 3. The summed E-state index contributed by atoms with van der Waals surface area (Å²) in [6.45, 7) is 4.43. The number of carboxylic acid groups (broad SMARTS) is 1. The standard InChI is InChI=1S/C23H29N3O4S/c1-23(2)19(22(28)29)26-20(27)18(21(26)31-23)24-13-25-15-8-9-16(25)11-17(10-15)30-12-14-6-4-3-5-7-14/h3-7,13,15-19,21H,8-12H2,1-2H3,(H,28,29)/b24-13-/t15-,16+,17+,18-,19+,21-/m1/s1. The molecular weight excluding hydrogens is 414 g/mol. The second kappa shape index (κ2) is 7.81. The van der Waals surface area contributed by atoms with Gasteiger partial charge in [0.05, 0.1) is 19.0 Å². The zero-order valence-electron chi connectivity index (χ0n) is 17.9. The van der Waals surface area contributed by atoms with Crippen molar-refractivity contribution in [2.24, 2.45) is 4.99 Å². The van der Waals surface area contributed by atoms with Crippen molar-refractivity contribution in [2.45, 2.75) is 86.5 Å². The van der Waals surface area contributed by atoms with Crippen LogP contribution in [0.15, 0.2) is 35.3 Å². The van der Waals surface area contributed by atoms with Crippen LogP contribution in [0.3, 0.4) is 0 Å². The second-order valence-corrected chi connectivity index (χ2v) is 11.3. The summed E-state index contributed by atoms with van der Waals surface area (Å²) in [4.78, 5) is 32.8. The lowest BCUT2D eigenvalue weighted by molar-refractivity contribution is -0.158. The number of carbonyl (C=O) groups is 2. The van der Waals surface area contributed by atoms with E-state index in [4.69, 9.17) is 4.74 Å². The largest absolute Gasteiger partial charge is 0.480 e. The number of benzene rings is 1. The van der Waals surface area contributed by atoms with E-state index in [9.17, 15) is 14.7 Å². The zero-order valence-corrected chi connectivity index (χ0v) is 18.7. The van der Waals surface area contributed by atoms with E-state index in [0.717, 1.165) is 25.7 Å². The molecule has 5 rings (SSSR count). The van der Waals surface area contributed by atoms with Crippen molar-refractivity contribution in [3.63, 3.8) is 0 Å². The molecule has 4 heterocycles. The van der Waals surface area contributed by atoms with Crippen LogP contribution in [-0.4, -0.2) is 73.5 Å². The van der Waals surface area contributed by atoms with Gasteiger partial charge >= 0.3 is 5.97 Å². The van der Waals surface area contributed by atoms with Crippen LogP contribution in [0.25, 0.3) is 0 Å². The van der Waals surface area contributed by atoms with E-state index >= 15 is 0 Å². The molecule has 0 unspecified atom stereocenters. The smallest absolute Gasteiger partial charge is 0.327 e. The van der Waals surface area contributed by atoms with Crippen LogP contribution in [0.5, 0.6) is 0 Å². The van der Waals surface area contributed by atoms with Crippen molar-refractivity contribution in [3.05, 3.63) is 35.9 Å². The van der Waals surface area contributed by atoms with Gasteiger partial charge in [0, 0.05) is 16.8 Å². The third-order valence-electron chi connectivity index (χ3n) is 7.08. The fourth-order valence-corrected chi connectivity index (χ4v) is 7.18. The van der Waals surface area contributed by atoms with Crippen molar-refractivity contribution in [2.75, 3.05) is 0 Å². The number of ether oxygens (including phenoxy) is 1. The molecule has 1 N–H and O–H groups in total. The molecular formula is C23H29N3O4S. The predicted molar refractivity (Wildman–Crippen MR) is 119 cm³/mol. The van der Waals surface area contributed by atoms with E-state index < -0.39 is 22.8 Å². The molecule has 166 valence electrons. The van der Waals surface area contributed by atoms with E-state index in [1.54, 1.807) is 11.8 Å². The number of amides is 1. The van der Waals surface area contributed by atoms with Crippen molar-refractivity contribution in [3.8, 4) is 0 Å². The Bertz CT molecular complexity index is 878. The van der Waals surface area contributed by atoms with Gasteiger partial charge < -0.3 is 19.6 Å². The Labute approximate surface area is 186 Å². The topological polar surface area (TPSA) is 82.4 Å². The minimum Gasteiger partial charge on any atom is -0.480 e. The highest BCUT2D eigenvalue weighted by molar-refractivity contribution is 8.01. The minimum absolute atomic E-state index is 0.167. The Morgan fingerprint density at radius 1 is 1.26 bits per heavy atom. The monoisotopic (exact) mass is 443 g/mol. The maximum atomic E-state index is 12.7. The van der Waals surface area contributed by atoms with E-state index in [0.29, 0.717) is 18.7 Å². The van der Waals surface area contributed by atoms with Crippen molar-refractivity contribution >= 4 is 30.0 Å². The number of hydrogen-bond acceptors (Lipinski definition) is 5. The van der Waals surface area contributed by atoms with Crippen LogP contribution < -0.4 is 0 Å². The maximum absolute atomic E-state index is 12.7. The first kappa shape index (κ1) is 20.8. The number of thioether (sulfide) groups is 1. The first-order valence-corrected chi connectivity index (χ1v) is 11.9. The summed E-state index contributed by atoms with van der Waals surface area (Å²) in [5.41, 5.74) is 1.20. The lowest BCUT2D eigenvalue weighted by atomic mass is 9.96. The molecule has 4 aliphatic heterocycles. The molecule has 1 aromatic rings. The average Bonchev–Trinajstić information content (AvgIpc) is 3.13. The average molecular weight is 444 g/mol. The number of rotatable bonds is 6. The van der Waals surface area contributed by atoms with E-state index in [2.05, 4.69) is 22.0 Å². The Hall–Kier alpha value is -2.06. The Morgan fingerprint density at radius 2 is 1.94 bits per heavy atom. The molecule has 1 aromatic carbocycles. The third-order valence-corrected chi connectivity index (χ3v) is 8.64. The summed E-state index contributed by atoms with van der Waals surface area (Å²) in [6, 6.07) is 9.80. The van der Waals surface area contributed by atoms with Crippen LogP contribution in [0, 0.1) is 0 Å². The summed E-state index contributed by atoms with van der Waals surface area (Å²) in [6.07, 6.45) is 6.33. The molecule has 6 atom stereocenters. The molecule has 0 aromatic heterocycles. The van der Waals surface area contributed by atoms with Gasteiger partial charge in [0.25, 0.3) is 5.91 Å². The summed E-state index contributed by atoms with van der Waals surface area (Å²) >= 11 is 1.55. The molecule has 4 fully saturated rings. The van der Waals surface area contributed by atoms with Crippen LogP contribution in [0.4, 0.5) is 0 Å².